The van der Waals surface area contributed by atoms with E-state index < -0.39 is 10.1 Å². The third-order valence-corrected chi connectivity index (χ3v) is 2.39. The molecule has 0 aromatic heterocycles. The van der Waals surface area contributed by atoms with E-state index in [9.17, 15) is 8.42 Å². The third kappa shape index (κ3) is 2.84. The summed E-state index contributed by atoms with van der Waals surface area (Å²) in [5.41, 5.74) is 0.551. The minimum absolute atomic E-state index is 0. The standard InChI is InChI=1S/C7H8O3S.Hg/c1-6-4-2-3-5-7(6)11(8,9)10;/h2-5H,1H3,(H,8,9,10);. The van der Waals surface area contributed by atoms with Gasteiger partial charge < -0.3 is 0 Å². The summed E-state index contributed by atoms with van der Waals surface area (Å²) >= 11 is 0. The van der Waals surface area contributed by atoms with Crippen LogP contribution in [0.1, 0.15) is 5.56 Å². The van der Waals surface area contributed by atoms with E-state index in [1.807, 2.05) is 0 Å². The molecule has 0 saturated carbocycles. The zero-order valence-electron chi connectivity index (χ0n) is 6.69. The molecule has 1 rings (SSSR count). The topological polar surface area (TPSA) is 54.4 Å². The molecule has 0 unspecified atom stereocenters. The second-order valence-electron chi connectivity index (χ2n) is 2.24. The van der Waals surface area contributed by atoms with Crippen molar-refractivity contribution in [2.45, 2.75) is 11.8 Å². The smallest absolute Gasteiger partial charge is 0.282 e. The summed E-state index contributed by atoms with van der Waals surface area (Å²) < 4.78 is 29.9. The summed E-state index contributed by atoms with van der Waals surface area (Å²) in [4.78, 5) is -0.0278. The van der Waals surface area contributed by atoms with Gasteiger partial charge in [0.15, 0.2) is 0 Å². The molecule has 0 saturated heterocycles. The van der Waals surface area contributed by atoms with Gasteiger partial charge in [0.25, 0.3) is 10.1 Å². The fourth-order valence-electron chi connectivity index (χ4n) is 0.846. The SMILES string of the molecule is Cc1ccccc1S(=O)(=O)O.[Hg]. The van der Waals surface area contributed by atoms with E-state index in [0.29, 0.717) is 5.56 Å². The van der Waals surface area contributed by atoms with Crippen LogP contribution in [0.15, 0.2) is 29.2 Å². The van der Waals surface area contributed by atoms with Crippen molar-refractivity contribution in [1.29, 1.82) is 0 Å². The Morgan fingerprint density at radius 3 is 2.08 bits per heavy atom. The zero-order chi connectivity index (χ0) is 8.48. The van der Waals surface area contributed by atoms with Crippen molar-refractivity contribution in [3.05, 3.63) is 29.8 Å². The van der Waals surface area contributed by atoms with Gasteiger partial charge in [-0.05, 0) is 18.6 Å². The Morgan fingerprint density at radius 2 is 1.75 bits per heavy atom. The molecule has 1 N–H and O–H groups in total. The Bertz CT molecular complexity index is 359. The molecule has 0 spiro atoms. The van der Waals surface area contributed by atoms with Crippen molar-refractivity contribution in [1.82, 2.24) is 0 Å². The van der Waals surface area contributed by atoms with Gasteiger partial charge in [0, 0.05) is 27.7 Å². The number of benzene rings is 1. The van der Waals surface area contributed by atoms with Crippen LogP contribution < -0.4 is 0 Å². The molecular weight excluding hydrogens is 365 g/mol. The number of rotatable bonds is 1. The first kappa shape index (κ1) is 12.1. The summed E-state index contributed by atoms with van der Waals surface area (Å²) in [6.07, 6.45) is 0. The van der Waals surface area contributed by atoms with E-state index in [0.717, 1.165) is 0 Å². The molecule has 0 amide bonds. The molecule has 62 valence electrons. The van der Waals surface area contributed by atoms with Crippen LogP contribution in [0, 0.1) is 6.92 Å². The van der Waals surface area contributed by atoms with Gasteiger partial charge >= 0.3 is 0 Å². The molecule has 1 aromatic carbocycles. The van der Waals surface area contributed by atoms with Crippen LogP contribution in [0.4, 0.5) is 0 Å². The zero-order valence-corrected chi connectivity index (χ0v) is 13.0. The Hall–Kier alpha value is 0.0651. The molecule has 0 fully saturated rings. The molecule has 0 aliphatic heterocycles. The average Bonchev–Trinajstić information content (AvgIpc) is 1.86. The first-order chi connectivity index (χ1) is 5.02. The Morgan fingerprint density at radius 1 is 1.25 bits per heavy atom. The first-order valence-electron chi connectivity index (χ1n) is 3.05. The summed E-state index contributed by atoms with van der Waals surface area (Å²) in [7, 11) is -4.03. The normalized spacial score (nSPS) is 10.5. The minimum Gasteiger partial charge on any atom is -0.282 e. The van der Waals surface area contributed by atoms with Crippen LogP contribution in [-0.4, -0.2) is 13.0 Å². The van der Waals surface area contributed by atoms with E-state index >= 15 is 0 Å². The van der Waals surface area contributed by atoms with Crippen LogP contribution in [-0.2, 0) is 37.8 Å². The second-order valence-corrected chi connectivity index (χ2v) is 3.63. The maximum absolute atomic E-state index is 10.6. The fraction of sp³-hybridized carbons (Fsp3) is 0.143. The maximum atomic E-state index is 10.6. The minimum atomic E-state index is -4.03. The molecule has 3 nitrogen and oxygen atoms in total. The second kappa shape index (κ2) is 4.34. The van der Waals surface area contributed by atoms with E-state index in [-0.39, 0.29) is 32.6 Å². The van der Waals surface area contributed by atoms with Crippen LogP contribution >= 0.6 is 0 Å². The van der Waals surface area contributed by atoms with Crippen molar-refractivity contribution in [2.75, 3.05) is 0 Å². The molecule has 5 heteroatoms. The predicted molar refractivity (Wildman–Crippen MR) is 41.0 cm³/mol. The summed E-state index contributed by atoms with van der Waals surface area (Å²) in [6.45, 7) is 1.63. The number of aryl methyl sites for hydroxylation is 1. The first-order valence-corrected chi connectivity index (χ1v) is 4.49. The molecule has 0 aliphatic carbocycles. The van der Waals surface area contributed by atoms with Crippen molar-refractivity contribution in [3.8, 4) is 0 Å². The van der Waals surface area contributed by atoms with Gasteiger partial charge in [-0.3, -0.25) is 4.55 Å². The van der Waals surface area contributed by atoms with Crippen LogP contribution in [0.2, 0.25) is 0 Å². The Kier molecular flexibility index (Phi) is 4.37. The van der Waals surface area contributed by atoms with E-state index in [1.165, 1.54) is 6.07 Å². The number of hydrogen-bond acceptors (Lipinski definition) is 2. The van der Waals surface area contributed by atoms with Gasteiger partial charge in [-0.25, -0.2) is 0 Å². The molecule has 0 atom stereocenters. The van der Waals surface area contributed by atoms with Gasteiger partial charge in [-0.1, -0.05) is 18.2 Å². The monoisotopic (exact) mass is 374 g/mol. The van der Waals surface area contributed by atoms with Gasteiger partial charge in [-0.2, -0.15) is 8.42 Å². The fourth-order valence-corrected chi connectivity index (χ4v) is 1.57. The molecule has 0 radical (unpaired) electrons. The van der Waals surface area contributed by atoms with E-state index in [1.54, 1.807) is 25.1 Å². The van der Waals surface area contributed by atoms with Gasteiger partial charge in [0.05, 0.1) is 4.90 Å². The van der Waals surface area contributed by atoms with Crippen molar-refractivity contribution >= 4 is 10.1 Å². The molecule has 0 bridgehead atoms. The number of hydrogen-bond donors (Lipinski definition) is 1. The molecule has 1 aromatic rings. The average molecular weight is 373 g/mol. The quantitative estimate of drug-likeness (QED) is 0.596. The van der Waals surface area contributed by atoms with E-state index in [4.69, 9.17) is 4.55 Å². The van der Waals surface area contributed by atoms with Crippen molar-refractivity contribution in [2.24, 2.45) is 0 Å². The summed E-state index contributed by atoms with van der Waals surface area (Å²) in [5, 5.41) is 0. The Balaban J connectivity index is 0.00000121. The maximum Gasteiger partial charge on any atom is 0.294 e. The van der Waals surface area contributed by atoms with E-state index in [2.05, 4.69) is 0 Å². The molecule has 0 heterocycles. The van der Waals surface area contributed by atoms with Gasteiger partial charge in [0.1, 0.15) is 0 Å². The van der Waals surface area contributed by atoms with Crippen LogP contribution in [0.25, 0.3) is 0 Å². The summed E-state index contributed by atoms with van der Waals surface area (Å²) in [5.74, 6) is 0. The van der Waals surface area contributed by atoms with Crippen LogP contribution in [0.3, 0.4) is 0 Å². The molecule has 0 aliphatic rings. The van der Waals surface area contributed by atoms with Gasteiger partial charge in [-0.15, -0.1) is 0 Å². The Labute approximate surface area is 92.1 Å². The molecule has 12 heavy (non-hydrogen) atoms. The van der Waals surface area contributed by atoms with Crippen LogP contribution in [0.5, 0.6) is 0 Å². The van der Waals surface area contributed by atoms with Gasteiger partial charge in [0.2, 0.25) is 0 Å². The largest absolute Gasteiger partial charge is 0.294 e. The predicted octanol–water partition coefficient (Wildman–Crippen LogP) is 1.24. The van der Waals surface area contributed by atoms with Crippen molar-refractivity contribution < 1.29 is 40.6 Å². The molecular formula is C7H8HgO3S. The third-order valence-electron chi connectivity index (χ3n) is 1.37. The van der Waals surface area contributed by atoms with Crippen molar-refractivity contribution in [3.63, 3.8) is 0 Å². The summed E-state index contributed by atoms with van der Waals surface area (Å²) in [6, 6.07) is 6.27.